The first-order valence-corrected chi connectivity index (χ1v) is 10.6. The number of alkyl halides is 3. The number of aromatic amines is 1. The number of aromatic nitrogens is 2. The molecule has 1 aromatic carbocycles. The maximum absolute atomic E-state index is 14.2. The maximum Gasteiger partial charge on any atom is 0.417 e. The van der Waals surface area contributed by atoms with E-state index in [2.05, 4.69) is 10.3 Å². The van der Waals surface area contributed by atoms with Crippen LogP contribution in [0.1, 0.15) is 43.4 Å². The monoisotopic (exact) mass is 484 g/mol. The molecule has 2 aromatic rings. The number of aliphatic hydroxyl groups is 1. The minimum absolute atomic E-state index is 0.0306. The predicted molar refractivity (Wildman–Crippen MR) is 116 cm³/mol. The number of nitrogens with zero attached hydrogens (tertiary/aromatic N) is 2. The summed E-state index contributed by atoms with van der Waals surface area (Å²) in [7, 11) is 1.24. The third kappa shape index (κ3) is 4.06. The van der Waals surface area contributed by atoms with Gasteiger partial charge in [-0.05, 0) is 35.6 Å². The number of benzene rings is 1. The average Bonchev–Trinajstić information content (AvgIpc) is 3.30. The van der Waals surface area contributed by atoms with Crippen LogP contribution in [0, 0.1) is 0 Å². The van der Waals surface area contributed by atoms with Crippen LogP contribution >= 0.6 is 11.6 Å². The van der Waals surface area contributed by atoms with E-state index in [0.717, 1.165) is 16.2 Å². The van der Waals surface area contributed by atoms with Gasteiger partial charge in [-0.15, -0.1) is 0 Å². The molecule has 11 heteroatoms. The van der Waals surface area contributed by atoms with Crippen molar-refractivity contribution in [1.29, 1.82) is 0 Å². The minimum atomic E-state index is -5.00. The van der Waals surface area contributed by atoms with Gasteiger partial charge in [0.2, 0.25) is 0 Å². The highest BCUT2D eigenvalue weighted by Gasteiger charge is 2.57. The van der Waals surface area contributed by atoms with Gasteiger partial charge in [-0.3, -0.25) is 14.3 Å². The molecule has 2 aliphatic rings. The number of halogens is 4. The first-order chi connectivity index (χ1) is 15.2. The number of ether oxygens (including phenoxy) is 1. The smallest absolute Gasteiger partial charge is 0.417 e. The molecule has 0 bridgehead atoms. The standard InChI is InChI=1S/C22H22ClF3N3O4/c1-20(2,15-7-12(23)6-11-4-5-33-16(11)15)10-21(32,22(24,25)26)9-13-8-14-17(27-13)28-19(31)29(3)18(14)30/h6-8,32H,4-5,9-10H2,1-3H3,(H,28,31). The van der Waals surface area contributed by atoms with E-state index in [1.54, 1.807) is 26.0 Å². The fraction of sp³-hybridized carbons (Fsp3) is 0.455. The summed E-state index contributed by atoms with van der Waals surface area (Å²) in [6, 6.07) is 3.28. The van der Waals surface area contributed by atoms with Crippen LogP contribution in [-0.2, 0) is 18.9 Å². The van der Waals surface area contributed by atoms with Gasteiger partial charge in [0.25, 0.3) is 5.56 Å². The first-order valence-electron chi connectivity index (χ1n) is 10.2. The Balaban J connectivity index is 1.69. The molecule has 0 fully saturated rings. The molecule has 0 spiro atoms. The van der Waals surface area contributed by atoms with Crippen LogP contribution in [0.5, 0.6) is 5.75 Å². The summed E-state index contributed by atoms with van der Waals surface area (Å²) in [5.74, 6) is 0.370. The molecule has 33 heavy (non-hydrogen) atoms. The highest BCUT2D eigenvalue weighted by Crippen LogP contribution is 2.48. The Bertz CT molecular complexity index is 1280. The number of nitrogens with one attached hydrogen (secondary N) is 1. The molecule has 1 unspecified atom stereocenters. The van der Waals surface area contributed by atoms with Crippen molar-refractivity contribution in [3.8, 4) is 5.75 Å². The molecule has 4 rings (SSSR count). The predicted octanol–water partition coefficient (Wildman–Crippen LogP) is 3.30. The molecule has 177 valence electrons. The molecule has 1 aromatic heterocycles. The molecule has 2 N–H and O–H groups in total. The van der Waals surface area contributed by atoms with Gasteiger partial charge in [-0.25, -0.2) is 10.1 Å². The molecule has 1 radical (unpaired) electrons. The molecule has 0 aliphatic carbocycles. The number of rotatable bonds is 5. The van der Waals surface area contributed by atoms with Crippen LogP contribution in [-0.4, -0.2) is 33.0 Å². The Morgan fingerprint density at radius 2 is 1.97 bits per heavy atom. The number of fused-ring (bicyclic) bond motifs is 2. The Hall–Kier alpha value is -2.72. The van der Waals surface area contributed by atoms with Crippen LogP contribution in [0.25, 0.3) is 6.08 Å². The van der Waals surface area contributed by atoms with Gasteiger partial charge < -0.3 is 9.84 Å². The van der Waals surface area contributed by atoms with Crippen LogP contribution in [0.3, 0.4) is 0 Å². The average molecular weight is 485 g/mol. The van der Waals surface area contributed by atoms with Crippen molar-refractivity contribution in [1.82, 2.24) is 14.9 Å². The summed E-state index contributed by atoms with van der Waals surface area (Å²) < 4.78 is 49.0. The summed E-state index contributed by atoms with van der Waals surface area (Å²) in [5, 5.41) is 15.3. The van der Waals surface area contributed by atoms with Gasteiger partial charge in [-0.2, -0.15) is 13.2 Å². The lowest BCUT2D eigenvalue weighted by molar-refractivity contribution is -0.266. The van der Waals surface area contributed by atoms with Gasteiger partial charge in [0.1, 0.15) is 11.6 Å². The summed E-state index contributed by atoms with van der Waals surface area (Å²) in [6.45, 7) is 3.57. The first kappa shape index (κ1) is 23.4. The zero-order valence-electron chi connectivity index (χ0n) is 18.1. The molecule has 2 aliphatic heterocycles. The zero-order valence-corrected chi connectivity index (χ0v) is 18.9. The highest BCUT2D eigenvalue weighted by molar-refractivity contribution is 6.30. The molecule has 0 saturated carbocycles. The van der Waals surface area contributed by atoms with Crippen LogP contribution < -0.4 is 21.3 Å². The van der Waals surface area contributed by atoms with E-state index in [1.807, 2.05) is 0 Å². The molecule has 3 heterocycles. The fourth-order valence-corrected chi connectivity index (χ4v) is 4.68. The number of hydrogen-bond acceptors (Lipinski definition) is 4. The van der Waals surface area contributed by atoms with E-state index < -0.39 is 41.3 Å². The van der Waals surface area contributed by atoms with E-state index in [1.165, 1.54) is 7.05 Å². The van der Waals surface area contributed by atoms with Crippen LogP contribution in [0.15, 0.2) is 27.4 Å². The largest absolute Gasteiger partial charge is 0.493 e. The Kier molecular flexibility index (Phi) is 5.44. The molecule has 0 saturated heterocycles. The van der Waals surface area contributed by atoms with Crippen LogP contribution in [0.2, 0.25) is 5.02 Å². The Morgan fingerprint density at radius 1 is 1.27 bits per heavy atom. The Morgan fingerprint density at radius 3 is 2.64 bits per heavy atom. The van der Waals surface area contributed by atoms with Crippen molar-refractivity contribution in [3.63, 3.8) is 0 Å². The van der Waals surface area contributed by atoms with Crippen molar-refractivity contribution in [2.24, 2.45) is 7.05 Å². The summed E-state index contributed by atoms with van der Waals surface area (Å²) in [5.41, 5.74) is -4.68. The van der Waals surface area contributed by atoms with Crippen molar-refractivity contribution in [3.05, 3.63) is 60.4 Å². The van der Waals surface area contributed by atoms with E-state index >= 15 is 0 Å². The van der Waals surface area contributed by atoms with Crippen molar-refractivity contribution in [2.75, 3.05) is 6.61 Å². The van der Waals surface area contributed by atoms with E-state index in [-0.39, 0.29) is 17.1 Å². The molecule has 7 nitrogen and oxygen atoms in total. The second-order valence-electron chi connectivity index (χ2n) is 9.11. The second-order valence-corrected chi connectivity index (χ2v) is 9.55. The molecular weight excluding hydrogens is 463 g/mol. The number of hydrogen-bond donors (Lipinski definition) is 2. The van der Waals surface area contributed by atoms with Crippen LogP contribution in [0.4, 0.5) is 19.0 Å². The normalized spacial score (nSPS) is 17.0. The molecule has 0 amide bonds. The van der Waals surface area contributed by atoms with Crippen molar-refractivity contribution in [2.45, 2.75) is 50.3 Å². The summed E-state index contributed by atoms with van der Waals surface area (Å²) in [4.78, 5) is 26.4. The SMILES string of the molecule is Cn1c(=O)[nH]c2c(c1=O)C=C(CC(O)(CC(C)(C)c1cc(Cl)cc3c1OCC3)C(F)(F)F)[N]2. The van der Waals surface area contributed by atoms with Gasteiger partial charge in [0.15, 0.2) is 5.60 Å². The zero-order chi connectivity index (χ0) is 24.3. The van der Waals surface area contributed by atoms with Gasteiger partial charge >= 0.3 is 11.9 Å². The van der Waals surface area contributed by atoms with E-state index in [4.69, 9.17) is 16.3 Å². The van der Waals surface area contributed by atoms with Crippen molar-refractivity contribution < 1.29 is 23.0 Å². The summed E-state index contributed by atoms with van der Waals surface area (Å²) in [6.07, 6.45) is -4.85. The summed E-state index contributed by atoms with van der Waals surface area (Å²) >= 11 is 6.20. The maximum atomic E-state index is 14.2. The molecule has 1 atom stereocenters. The quantitative estimate of drug-likeness (QED) is 0.680. The lowest BCUT2D eigenvalue weighted by Gasteiger charge is -2.38. The second kappa shape index (κ2) is 7.66. The van der Waals surface area contributed by atoms with Crippen molar-refractivity contribution >= 4 is 23.5 Å². The van der Waals surface area contributed by atoms with E-state index in [9.17, 15) is 27.9 Å². The topological polar surface area (TPSA) is 98.4 Å². The highest BCUT2D eigenvalue weighted by atomic mass is 35.5. The minimum Gasteiger partial charge on any atom is -0.493 e. The third-order valence-corrected chi connectivity index (χ3v) is 6.32. The van der Waals surface area contributed by atoms with E-state index in [0.29, 0.717) is 29.4 Å². The van der Waals surface area contributed by atoms with Gasteiger partial charge in [0, 0.05) is 36.2 Å². The fourth-order valence-electron chi connectivity index (χ4n) is 4.44. The third-order valence-electron chi connectivity index (χ3n) is 6.10. The Labute approximate surface area is 191 Å². The lowest BCUT2D eigenvalue weighted by atomic mass is 9.73. The number of H-pyrrole nitrogens is 1. The van der Waals surface area contributed by atoms with Gasteiger partial charge in [-0.1, -0.05) is 25.4 Å². The van der Waals surface area contributed by atoms with Gasteiger partial charge in [0.05, 0.1) is 12.2 Å². The lowest BCUT2D eigenvalue weighted by Crippen LogP contribution is -2.49. The molecular formula is C22H22ClF3N3O4.